The van der Waals surface area contributed by atoms with Gasteiger partial charge < -0.3 is 5.73 Å². The first kappa shape index (κ1) is 10.6. The zero-order valence-electron chi connectivity index (χ0n) is 8.05. The lowest BCUT2D eigenvalue weighted by molar-refractivity contribution is 0.628. The zero-order valence-corrected chi connectivity index (χ0v) is 10.5. The summed E-state index contributed by atoms with van der Waals surface area (Å²) in [7, 11) is 0. The Balaban J connectivity index is 2.63. The Labute approximate surface area is 99.9 Å². The van der Waals surface area contributed by atoms with Crippen molar-refractivity contribution in [3.8, 4) is 11.1 Å². The maximum Gasteiger partial charge on any atom is 0.123 e. The minimum Gasteiger partial charge on any atom is -0.397 e. The molecule has 0 unspecified atom stereocenters. The Kier molecular flexibility index (Phi) is 2.80. The molecule has 2 N–H and O–H groups in total. The van der Waals surface area contributed by atoms with Crippen molar-refractivity contribution in [3.05, 3.63) is 38.7 Å². The fourth-order valence-electron chi connectivity index (χ4n) is 1.53. The first-order valence-electron chi connectivity index (χ1n) is 4.40. The van der Waals surface area contributed by atoms with E-state index in [1.807, 2.05) is 13.0 Å². The molecule has 0 saturated carbocycles. The predicted molar refractivity (Wildman–Crippen MR) is 66.6 cm³/mol. The number of hydrogen-bond donors (Lipinski definition) is 1. The van der Waals surface area contributed by atoms with Gasteiger partial charge in [-0.15, -0.1) is 11.3 Å². The number of thiophene rings is 1. The van der Waals surface area contributed by atoms with Crippen LogP contribution in [0.5, 0.6) is 0 Å². The Bertz CT molecular complexity index is 507. The number of nitrogen functional groups attached to an aromatic ring is 1. The van der Waals surface area contributed by atoms with Crippen LogP contribution < -0.4 is 5.73 Å². The predicted octanol–water partition coefficient (Wildman–Crippen LogP) is 4.21. The minimum absolute atomic E-state index is 0.242. The maximum atomic E-state index is 13.1. The highest BCUT2D eigenvalue weighted by Gasteiger charge is 2.13. The fourth-order valence-corrected chi connectivity index (χ4v) is 3.27. The summed E-state index contributed by atoms with van der Waals surface area (Å²) in [5, 5.41) is 0. The van der Waals surface area contributed by atoms with Crippen molar-refractivity contribution in [3.63, 3.8) is 0 Å². The van der Waals surface area contributed by atoms with Crippen molar-refractivity contribution < 1.29 is 4.39 Å². The van der Waals surface area contributed by atoms with E-state index in [-0.39, 0.29) is 5.82 Å². The Morgan fingerprint density at radius 2 is 2.13 bits per heavy atom. The molecule has 1 nitrogen and oxygen atoms in total. The van der Waals surface area contributed by atoms with Gasteiger partial charge in [-0.05, 0) is 40.5 Å². The van der Waals surface area contributed by atoms with Crippen LogP contribution in [0.2, 0.25) is 0 Å². The summed E-state index contributed by atoms with van der Waals surface area (Å²) in [6.07, 6.45) is 0. The lowest BCUT2D eigenvalue weighted by Gasteiger charge is -2.02. The van der Waals surface area contributed by atoms with E-state index in [1.54, 1.807) is 17.4 Å². The smallest absolute Gasteiger partial charge is 0.123 e. The van der Waals surface area contributed by atoms with Crippen LogP contribution in [0.1, 0.15) is 4.88 Å². The number of halogens is 2. The monoisotopic (exact) mass is 285 g/mol. The molecule has 78 valence electrons. The van der Waals surface area contributed by atoms with Crippen LogP contribution in [0, 0.1) is 12.7 Å². The van der Waals surface area contributed by atoms with E-state index in [1.165, 1.54) is 12.1 Å². The van der Waals surface area contributed by atoms with E-state index in [0.717, 1.165) is 19.8 Å². The quantitative estimate of drug-likeness (QED) is 0.835. The zero-order chi connectivity index (χ0) is 11.0. The van der Waals surface area contributed by atoms with Crippen molar-refractivity contribution >= 4 is 33.0 Å². The number of aryl methyl sites for hydroxylation is 1. The minimum atomic E-state index is -0.242. The normalized spacial score (nSPS) is 10.6. The van der Waals surface area contributed by atoms with Crippen LogP contribution in [0.15, 0.2) is 28.1 Å². The Hall–Kier alpha value is -0.870. The molecule has 0 atom stereocenters. The van der Waals surface area contributed by atoms with Gasteiger partial charge in [0.05, 0.1) is 9.47 Å². The molecule has 0 fully saturated rings. The maximum absolute atomic E-state index is 13.1. The highest BCUT2D eigenvalue weighted by molar-refractivity contribution is 9.11. The van der Waals surface area contributed by atoms with Crippen LogP contribution in [-0.4, -0.2) is 0 Å². The van der Waals surface area contributed by atoms with E-state index >= 15 is 0 Å². The summed E-state index contributed by atoms with van der Waals surface area (Å²) >= 11 is 4.95. The lowest BCUT2D eigenvalue weighted by Crippen LogP contribution is -1.88. The van der Waals surface area contributed by atoms with Gasteiger partial charge in [0.2, 0.25) is 0 Å². The van der Waals surface area contributed by atoms with Gasteiger partial charge in [-0.2, -0.15) is 0 Å². The third-order valence-corrected chi connectivity index (χ3v) is 4.01. The van der Waals surface area contributed by atoms with Crippen LogP contribution in [0.4, 0.5) is 10.1 Å². The SMILES string of the molecule is Cc1sc(Br)c(N)c1-c1cccc(F)c1. The standard InChI is InChI=1S/C11H9BrFNS/c1-6-9(10(14)11(12)15-6)7-3-2-4-8(13)5-7/h2-5H,14H2,1H3. The summed E-state index contributed by atoms with van der Waals surface area (Å²) < 4.78 is 14.0. The Morgan fingerprint density at radius 1 is 1.40 bits per heavy atom. The topological polar surface area (TPSA) is 26.0 Å². The molecule has 0 saturated heterocycles. The van der Waals surface area contributed by atoms with Crippen molar-refractivity contribution in [1.82, 2.24) is 0 Å². The molecule has 0 radical (unpaired) electrons. The summed E-state index contributed by atoms with van der Waals surface area (Å²) in [4.78, 5) is 1.09. The second-order valence-electron chi connectivity index (χ2n) is 3.23. The third kappa shape index (κ3) is 1.92. The molecule has 0 aliphatic carbocycles. The van der Waals surface area contributed by atoms with E-state index in [2.05, 4.69) is 15.9 Å². The summed E-state index contributed by atoms with van der Waals surface area (Å²) in [6.45, 7) is 1.98. The van der Waals surface area contributed by atoms with Gasteiger partial charge in [0.25, 0.3) is 0 Å². The first-order chi connectivity index (χ1) is 7.09. The first-order valence-corrected chi connectivity index (χ1v) is 6.01. The molecule has 1 aromatic heterocycles. The van der Waals surface area contributed by atoms with Gasteiger partial charge >= 0.3 is 0 Å². The second kappa shape index (κ2) is 3.94. The number of hydrogen-bond acceptors (Lipinski definition) is 2. The number of rotatable bonds is 1. The highest BCUT2D eigenvalue weighted by atomic mass is 79.9. The van der Waals surface area contributed by atoms with E-state index < -0.39 is 0 Å². The third-order valence-electron chi connectivity index (χ3n) is 2.19. The second-order valence-corrected chi connectivity index (χ2v) is 5.77. The van der Waals surface area contributed by atoms with Crippen molar-refractivity contribution in [1.29, 1.82) is 0 Å². The largest absolute Gasteiger partial charge is 0.397 e. The molecule has 0 amide bonds. The van der Waals surface area contributed by atoms with E-state index in [4.69, 9.17) is 5.73 Å². The molecule has 2 aromatic rings. The van der Waals surface area contributed by atoms with Gasteiger partial charge in [-0.3, -0.25) is 0 Å². The molecule has 0 aliphatic heterocycles. The van der Waals surface area contributed by atoms with E-state index in [0.29, 0.717) is 5.69 Å². The van der Waals surface area contributed by atoms with Crippen molar-refractivity contribution in [2.24, 2.45) is 0 Å². The molecule has 0 spiro atoms. The Morgan fingerprint density at radius 3 is 2.67 bits per heavy atom. The van der Waals surface area contributed by atoms with Gasteiger partial charge in [-0.25, -0.2) is 4.39 Å². The van der Waals surface area contributed by atoms with Crippen LogP contribution in [0.3, 0.4) is 0 Å². The van der Waals surface area contributed by atoms with Gasteiger partial charge in [-0.1, -0.05) is 12.1 Å². The molecular formula is C11H9BrFNS. The molecular weight excluding hydrogens is 277 g/mol. The molecule has 15 heavy (non-hydrogen) atoms. The van der Waals surface area contributed by atoms with Crippen molar-refractivity contribution in [2.45, 2.75) is 6.92 Å². The fraction of sp³-hybridized carbons (Fsp3) is 0.0909. The number of nitrogens with two attached hydrogens (primary N) is 1. The van der Waals surface area contributed by atoms with E-state index in [9.17, 15) is 4.39 Å². The summed E-state index contributed by atoms with van der Waals surface area (Å²) in [6, 6.07) is 6.48. The van der Waals surface area contributed by atoms with Crippen LogP contribution >= 0.6 is 27.3 Å². The molecule has 1 aromatic carbocycles. The number of anilines is 1. The van der Waals surface area contributed by atoms with Crippen LogP contribution in [0.25, 0.3) is 11.1 Å². The average molecular weight is 286 g/mol. The van der Waals surface area contributed by atoms with Gasteiger partial charge in [0.1, 0.15) is 5.82 Å². The lowest BCUT2D eigenvalue weighted by atomic mass is 10.1. The summed E-state index contributed by atoms with van der Waals surface area (Å²) in [5.41, 5.74) is 8.36. The highest BCUT2D eigenvalue weighted by Crippen LogP contribution is 2.41. The average Bonchev–Trinajstić information content (AvgIpc) is 2.41. The molecule has 0 bridgehead atoms. The molecule has 0 aliphatic rings. The molecule has 4 heteroatoms. The molecule has 2 rings (SSSR count). The van der Waals surface area contributed by atoms with Gasteiger partial charge in [0, 0.05) is 10.4 Å². The number of benzene rings is 1. The molecule has 1 heterocycles. The summed E-state index contributed by atoms with van der Waals surface area (Å²) in [5.74, 6) is -0.242. The van der Waals surface area contributed by atoms with Gasteiger partial charge in [0.15, 0.2) is 0 Å². The van der Waals surface area contributed by atoms with Crippen molar-refractivity contribution in [2.75, 3.05) is 5.73 Å². The van der Waals surface area contributed by atoms with Crippen LogP contribution in [-0.2, 0) is 0 Å².